The molecule has 0 bridgehead atoms. The summed E-state index contributed by atoms with van der Waals surface area (Å²) >= 11 is 0. The number of hydrogen-bond acceptors (Lipinski definition) is 4. The molecule has 1 aliphatic rings. The lowest BCUT2D eigenvalue weighted by Crippen LogP contribution is -2.40. The lowest BCUT2D eigenvalue weighted by atomic mass is 9.72. The van der Waals surface area contributed by atoms with Crippen LogP contribution in [0.15, 0.2) is 90.1 Å². The number of ether oxygens (including phenoxy) is 2. The van der Waals surface area contributed by atoms with Gasteiger partial charge in [-0.25, -0.2) is 9.98 Å². The van der Waals surface area contributed by atoms with Gasteiger partial charge in [0.15, 0.2) is 0 Å². The van der Waals surface area contributed by atoms with Crippen molar-refractivity contribution < 1.29 is 9.47 Å². The minimum atomic E-state index is -0.311. The Kier molecular flexibility index (Phi) is 10.0. The van der Waals surface area contributed by atoms with Crippen molar-refractivity contribution in [3.8, 4) is 28.4 Å². The van der Waals surface area contributed by atoms with E-state index in [4.69, 9.17) is 19.5 Å². The number of aryl methyl sites for hydroxylation is 3. The molecule has 0 N–H and O–H groups in total. The summed E-state index contributed by atoms with van der Waals surface area (Å²) in [5, 5.41) is 2.37. The van der Waals surface area contributed by atoms with Crippen molar-refractivity contribution in [3.63, 3.8) is 0 Å². The normalized spacial score (nSPS) is 16.4. The lowest BCUT2D eigenvalue weighted by molar-refractivity contribution is 0.129. The summed E-state index contributed by atoms with van der Waals surface area (Å²) in [4.78, 5) is 10.3. The minimum Gasteiger partial charge on any atom is -0.475 e. The molecule has 0 amide bonds. The Morgan fingerprint density at radius 1 is 0.679 bits per heavy atom. The molecule has 4 aromatic carbocycles. The lowest BCUT2D eigenvalue weighted by Gasteiger charge is -2.36. The summed E-state index contributed by atoms with van der Waals surface area (Å²) < 4.78 is 15.7. The van der Waals surface area contributed by atoms with Crippen LogP contribution in [0.3, 0.4) is 0 Å². The molecular formula is C51H61N3O2. The first-order valence-corrected chi connectivity index (χ1v) is 20.4. The fourth-order valence-corrected chi connectivity index (χ4v) is 9.52. The van der Waals surface area contributed by atoms with Crippen LogP contribution in [0, 0.1) is 38.5 Å². The number of benzene rings is 4. The topological polar surface area (TPSA) is 48.6 Å². The number of hydrogen-bond donors (Lipinski definition) is 0. The molecule has 5 nitrogen and oxygen atoms in total. The van der Waals surface area contributed by atoms with Crippen LogP contribution < -0.4 is 4.74 Å². The van der Waals surface area contributed by atoms with E-state index in [1.165, 1.54) is 44.2 Å². The number of nitrogens with zero attached hydrogens (tertiary/aromatic N) is 3. The van der Waals surface area contributed by atoms with Crippen LogP contribution >= 0.6 is 0 Å². The van der Waals surface area contributed by atoms with Gasteiger partial charge in [-0.15, -0.1) is 0 Å². The second kappa shape index (κ2) is 14.2. The number of aromatic nitrogens is 2. The van der Waals surface area contributed by atoms with Crippen LogP contribution in [0.1, 0.15) is 110 Å². The molecule has 0 fully saturated rings. The largest absolute Gasteiger partial charge is 0.475 e. The van der Waals surface area contributed by atoms with E-state index in [-0.39, 0.29) is 16.4 Å². The minimum absolute atomic E-state index is 0.0161. The van der Waals surface area contributed by atoms with E-state index in [9.17, 15) is 0 Å². The Hall–Kier alpha value is -4.90. The van der Waals surface area contributed by atoms with Gasteiger partial charge in [-0.2, -0.15) is 0 Å². The van der Waals surface area contributed by atoms with Gasteiger partial charge in [-0.1, -0.05) is 93.0 Å². The third-order valence-corrected chi connectivity index (χ3v) is 11.8. The maximum absolute atomic E-state index is 6.93. The molecule has 1 aliphatic heterocycles. The first kappa shape index (κ1) is 39.3. The zero-order valence-corrected chi connectivity index (χ0v) is 36.2. The average Bonchev–Trinajstić information content (AvgIpc) is 3.64. The molecule has 6 aromatic rings. The predicted molar refractivity (Wildman–Crippen MR) is 236 cm³/mol. The summed E-state index contributed by atoms with van der Waals surface area (Å²) in [5.74, 6) is 4.42. The van der Waals surface area contributed by atoms with Gasteiger partial charge >= 0.3 is 0 Å². The standard InChI is InChI=1S/C51H61N3O2/c1-30(2)47(31(3)4)51(14)29-55-48(53-51)36-23-35(46-33(6)21-32(5)22-34(46)7)24-40(25-36)56-39-16-17-41-42-26-37(49(8,9)10)15-18-43(42)54(44(41)28-39)45-27-38(19-20-52-45)50(11,12)13/h15-28,30-31,47H,29H2,1-14H3/t51-/m0/s1. The molecule has 56 heavy (non-hydrogen) atoms. The molecule has 5 heteroatoms. The second-order valence-corrected chi connectivity index (χ2v) is 19.3. The van der Waals surface area contributed by atoms with Crippen molar-refractivity contribution in [2.75, 3.05) is 6.61 Å². The van der Waals surface area contributed by atoms with Gasteiger partial charge in [-0.05, 0) is 144 Å². The van der Waals surface area contributed by atoms with Crippen molar-refractivity contribution in [2.24, 2.45) is 22.7 Å². The fourth-order valence-electron chi connectivity index (χ4n) is 9.52. The van der Waals surface area contributed by atoms with E-state index in [0.717, 1.165) is 39.5 Å². The molecule has 0 aliphatic carbocycles. The van der Waals surface area contributed by atoms with Crippen molar-refractivity contribution in [3.05, 3.63) is 118 Å². The van der Waals surface area contributed by atoms with E-state index in [2.05, 4.69) is 180 Å². The van der Waals surface area contributed by atoms with Crippen LogP contribution in [0.4, 0.5) is 0 Å². The van der Waals surface area contributed by atoms with E-state index in [1.807, 2.05) is 6.20 Å². The molecule has 2 aromatic heterocycles. The zero-order valence-electron chi connectivity index (χ0n) is 36.2. The number of rotatable bonds is 8. The third kappa shape index (κ3) is 7.38. The highest BCUT2D eigenvalue weighted by Crippen LogP contribution is 2.42. The molecule has 0 saturated carbocycles. The van der Waals surface area contributed by atoms with Crippen LogP contribution in [0.25, 0.3) is 38.8 Å². The summed E-state index contributed by atoms with van der Waals surface area (Å²) in [7, 11) is 0. The fraction of sp³-hybridized carbons (Fsp3) is 0.412. The van der Waals surface area contributed by atoms with Crippen LogP contribution in [0.5, 0.6) is 11.5 Å². The highest BCUT2D eigenvalue weighted by molar-refractivity contribution is 6.10. The van der Waals surface area contributed by atoms with Crippen molar-refractivity contribution in [2.45, 2.75) is 113 Å². The maximum atomic E-state index is 6.93. The van der Waals surface area contributed by atoms with E-state index < -0.39 is 0 Å². The monoisotopic (exact) mass is 747 g/mol. The summed E-state index contributed by atoms with van der Waals surface area (Å²) in [6.45, 7) is 32.1. The van der Waals surface area contributed by atoms with Gasteiger partial charge in [0.05, 0.1) is 16.6 Å². The van der Waals surface area contributed by atoms with Crippen LogP contribution in [-0.4, -0.2) is 27.6 Å². The molecule has 0 unspecified atom stereocenters. The van der Waals surface area contributed by atoms with Crippen LogP contribution in [-0.2, 0) is 15.6 Å². The second-order valence-electron chi connectivity index (χ2n) is 19.3. The Balaban J connectivity index is 1.40. The first-order valence-electron chi connectivity index (χ1n) is 20.4. The van der Waals surface area contributed by atoms with E-state index in [0.29, 0.717) is 30.3 Å². The number of pyridine rings is 1. The van der Waals surface area contributed by atoms with Crippen LogP contribution in [0.2, 0.25) is 0 Å². The Morgan fingerprint density at radius 3 is 1.96 bits per heavy atom. The zero-order chi connectivity index (χ0) is 40.5. The Bertz CT molecular complexity index is 2460. The van der Waals surface area contributed by atoms with E-state index in [1.54, 1.807) is 0 Å². The number of aliphatic imine (C=N–C) groups is 1. The van der Waals surface area contributed by atoms with Gasteiger partial charge in [0.25, 0.3) is 0 Å². The third-order valence-electron chi connectivity index (χ3n) is 11.8. The maximum Gasteiger partial charge on any atom is 0.216 e. The van der Waals surface area contributed by atoms with Gasteiger partial charge in [-0.3, -0.25) is 4.57 Å². The van der Waals surface area contributed by atoms with Crippen molar-refractivity contribution in [1.29, 1.82) is 0 Å². The molecule has 0 saturated heterocycles. The van der Waals surface area contributed by atoms with Gasteiger partial charge in [0, 0.05) is 28.6 Å². The molecule has 0 radical (unpaired) electrons. The Labute approximate surface area is 335 Å². The molecule has 3 heterocycles. The smallest absolute Gasteiger partial charge is 0.216 e. The van der Waals surface area contributed by atoms with Gasteiger partial charge in [0.2, 0.25) is 5.90 Å². The molecule has 1 atom stereocenters. The summed E-state index contributed by atoms with van der Waals surface area (Å²) in [6.07, 6.45) is 1.93. The molecule has 0 spiro atoms. The van der Waals surface area contributed by atoms with Crippen molar-refractivity contribution >= 4 is 27.7 Å². The van der Waals surface area contributed by atoms with Crippen molar-refractivity contribution in [1.82, 2.24) is 9.55 Å². The summed E-state index contributed by atoms with van der Waals surface area (Å²) in [6, 6.07) is 28.7. The quantitative estimate of drug-likeness (QED) is 0.156. The molecular weight excluding hydrogens is 687 g/mol. The summed E-state index contributed by atoms with van der Waals surface area (Å²) in [5.41, 5.74) is 11.3. The number of fused-ring (bicyclic) bond motifs is 3. The average molecular weight is 748 g/mol. The van der Waals surface area contributed by atoms with Gasteiger partial charge < -0.3 is 9.47 Å². The van der Waals surface area contributed by atoms with E-state index >= 15 is 0 Å². The highest BCUT2D eigenvalue weighted by Gasteiger charge is 2.43. The first-order chi connectivity index (χ1) is 26.2. The SMILES string of the molecule is Cc1cc(C)c(-c2cc(Oc3ccc4c5cc(C(C)(C)C)ccc5n(-c5cc(C(C)(C)C)ccn5)c4c3)cc(C3=N[C@](C)(C(C(C)C)C(C)C)CO3)c2)c(C)c1. The van der Waals surface area contributed by atoms with Gasteiger partial charge in [0.1, 0.15) is 23.9 Å². The molecule has 292 valence electrons. The molecule has 7 rings (SSSR count). The highest BCUT2D eigenvalue weighted by atomic mass is 16.5. The Morgan fingerprint density at radius 2 is 1.32 bits per heavy atom. The predicted octanol–water partition coefficient (Wildman–Crippen LogP) is 13.6.